The molecule has 5 rings (SSSR count). The highest BCUT2D eigenvalue weighted by Gasteiger charge is 2.40. The third-order valence-corrected chi connectivity index (χ3v) is 7.49. The van der Waals surface area contributed by atoms with Gasteiger partial charge in [-0.3, -0.25) is 14.7 Å². The number of hydrogen-bond donors (Lipinski definition) is 1. The third-order valence-electron chi connectivity index (χ3n) is 5.80. The van der Waals surface area contributed by atoms with Crippen molar-refractivity contribution in [3.05, 3.63) is 45.3 Å². The van der Waals surface area contributed by atoms with Gasteiger partial charge in [0.05, 0.1) is 29.3 Å². The van der Waals surface area contributed by atoms with E-state index >= 15 is 0 Å². The van der Waals surface area contributed by atoms with E-state index in [9.17, 15) is 9.59 Å². The normalized spacial score (nSPS) is 21.2. The van der Waals surface area contributed by atoms with Gasteiger partial charge in [-0.1, -0.05) is 0 Å². The Morgan fingerprint density at radius 1 is 1.34 bits per heavy atom. The molecule has 184 valence electrons. The fourth-order valence-electron chi connectivity index (χ4n) is 3.68. The van der Waals surface area contributed by atoms with E-state index in [0.29, 0.717) is 22.4 Å². The number of carbonyl (C=O) groups excluding carboxylic acids is 2. The zero-order valence-electron chi connectivity index (χ0n) is 19.4. The van der Waals surface area contributed by atoms with Gasteiger partial charge in [-0.2, -0.15) is 0 Å². The molecular weight excluding hydrogens is 486 g/mol. The standard InChI is InChI=1S/C24H27N5O4S2/c1-16-12-18(33-11-8-28-6-9-32-10-7-28)4-5-20(16)27-24-29(23(31)26-17-2-3-17)22(30)21(35-24)13-19-14-25-15-34-19/h4-5,12-15,17H,2-3,6-11H2,1H3,(H,26,31). The largest absolute Gasteiger partial charge is 0.492 e. The lowest BCUT2D eigenvalue weighted by Crippen LogP contribution is -2.43. The van der Waals surface area contributed by atoms with Crippen molar-refractivity contribution < 1.29 is 19.1 Å². The maximum atomic E-state index is 13.1. The summed E-state index contributed by atoms with van der Waals surface area (Å²) in [6.07, 6.45) is 5.31. The van der Waals surface area contributed by atoms with Crippen molar-refractivity contribution in [2.45, 2.75) is 25.8 Å². The maximum Gasteiger partial charge on any atom is 0.330 e. The number of nitrogens with one attached hydrogen (secondary N) is 1. The molecule has 35 heavy (non-hydrogen) atoms. The van der Waals surface area contributed by atoms with Crippen LogP contribution in [0, 0.1) is 6.92 Å². The van der Waals surface area contributed by atoms with Crippen LogP contribution in [0.2, 0.25) is 0 Å². The maximum absolute atomic E-state index is 13.1. The molecule has 2 saturated heterocycles. The number of thioether (sulfide) groups is 1. The SMILES string of the molecule is Cc1cc(OCCN2CCOCC2)ccc1N=C1SC(=Cc2cncs2)C(=O)N1C(=O)NC1CC1. The highest BCUT2D eigenvalue weighted by molar-refractivity contribution is 8.18. The summed E-state index contributed by atoms with van der Waals surface area (Å²) in [5.41, 5.74) is 3.29. The van der Waals surface area contributed by atoms with Crippen LogP contribution >= 0.6 is 23.1 Å². The Morgan fingerprint density at radius 2 is 2.17 bits per heavy atom. The summed E-state index contributed by atoms with van der Waals surface area (Å²) in [5.74, 6) is 0.394. The van der Waals surface area contributed by atoms with Gasteiger partial charge in [0.2, 0.25) is 0 Å². The molecule has 0 spiro atoms. The number of amidine groups is 1. The summed E-state index contributed by atoms with van der Waals surface area (Å²) in [4.78, 5) is 39.5. The number of aliphatic imine (C=N–C) groups is 1. The van der Waals surface area contributed by atoms with E-state index in [1.165, 1.54) is 23.1 Å². The van der Waals surface area contributed by atoms with Crippen LogP contribution < -0.4 is 10.1 Å². The molecule has 3 fully saturated rings. The molecule has 11 heteroatoms. The topological polar surface area (TPSA) is 96.4 Å². The number of aryl methyl sites for hydroxylation is 1. The predicted molar refractivity (Wildman–Crippen MR) is 137 cm³/mol. The van der Waals surface area contributed by atoms with E-state index < -0.39 is 6.03 Å². The number of ether oxygens (including phenoxy) is 2. The van der Waals surface area contributed by atoms with Crippen LogP contribution in [0.5, 0.6) is 5.75 Å². The van der Waals surface area contributed by atoms with Crippen LogP contribution in [0.1, 0.15) is 23.3 Å². The number of amides is 3. The Morgan fingerprint density at radius 3 is 2.89 bits per heavy atom. The van der Waals surface area contributed by atoms with Gasteiger partial charge >= 0.3 is 6.03 Å². The van der Waals surface area contributed by atoms with Crippen LogP contribution in [-0.4, -0.2) is 77.4 Å². The van der Waals surface area contributed by atoms with Crippen molar-refractivity contribution in [1.82, 2.24) is 20.1 Å². The van der Waals surface area contributed by atoms with Gasteiger partial charge < -0.3 is 14.8 Å². The summed E-state index contributed by atoms with van der Waals surface area (Å²) in [5, 5.41) is 3.24. The molecule has 3 aliphatic rings. The van der Waals surface area contributed by atoms with Crippen molar-refractivity contribution in [3.63, 3.8) is 0 Å². The average molecular weight is 514 g/mol. The van der Waals surface area contributed by atoms with Gasteiger partial charge in [-0.05, 0) is 61.4 Å². The van der Waals surface area contributed by atoms with Gasteiger partial charge in [0.25, 0.3) is 5.91 Å². The molecule has 3 amide bonds. The molecule has 1 aliphatic carbocycles. The molecule has 1 aromatic heterocycles. The summed E-state index contributed by atoms with van der Waals surface area (Å²) < 4.78 is 11.3. The van der Waals surface area contributed by atoms with Crippen LogP contribution in [0.15, 0.2) is 39.8 Å². The van der Waals surface area contributed by atoms with Crippen LogP contribution in [0.3, 0.4) is 0 Å². The first-order chi connectivity index (χ1) is 17.1. The molecule has 0 radical (unpaired) electrons. The number of carbonyl (C=O) groups is 2. The fourth-order valence-corrected chi connectivity index (χ4v) is 5.27. The van der Waals surface area contributed by atoms with Crippen molar-refractivity contribution in [3.8, 4) is 5.75 Å². The van der Waals surface area contributed by atoms with Gasteiger partial charge in [-0.25, -0.2) is 14.7 Å². The second-order valence-electron chi connectivity index (χ2n) is 8.52. The average Bonchev–Trinajstić information content (AvgIpc) is 3.40. The summed E-state index contributed by atoms with van der Waals surface area (Å²) in [7, 11) is 0. The third kappa shape index (κ3) is 6.10. The molecule has 9 nitrogen and oxygen atoms in total. The molecule has 1 saturated carbocycles. The molecule has 0 unspecified atom stereocenters. The van der Waals surface area contributed by atoms with Crippen molar-refractivity contribution in [2.75, 3.05) is 39.5 Å². The van der Waals surface area contributed by atoms with Crippen molar-refractivity contribution in [1.29, 1.82) is 0 Å². The second-order valence-corrected chi connectivity index (χ2v) is 10.5. The minimum Gasteiger partial charge on any atom is -0.492 e. The van der Waals surface area contributed by atoms with E-state index in [2.05, 4.69) is 15.2 Å². The predicted octanol–water partition coefficient (Wildman–Crippen LogP) is 3.64. The Bertz CT molecular complexity index is 1140. The minimum atomic E-state index is -0.433. The smallest absolute Gasteiger partial charge is 0.330 e. The molecule has 1 aromatic carbocycles. The first-order valence-electron chi connectivity index (χ1n) is 11.6. The molecular formula is C24H27N5O4S2. The number of hydrogen-bond acceptors (Lipinski definition) is 9. The van der Waals surface area contributed by atoms with Crippen LogP contribution in [0.25, 0.3) is 6.08 Å². The number of benzene rings is 1. The Labute approximate surface area is 212 Å². The summed E-state index contributed by atoms with van der Waals surface area (Å²) >= 11 is 2.63. The quantitative estimate of drug-likeness (QED) is 0.565. The van der Waals surface area contributed by atoms with Gasteiger partial charge in [0.15, 0.2) is 5.17 Å². The van der Waals surface area contributed by atoms with Gasteiger partial charge in [0.1, 0.15) is 12.4 Å². The van der Waals surface area contributed by atoms with Crippen LogP contribution in [-0.2, 0) is 9.53 Å². The van der Waals surface area contributed by atoms with Crippen LogP contribution in [0.4, 0.5) is 10.5 Å². The summed E-state index contributed by atoms with van der Waals surface area (Å²) in [6, 6.07) is 5.36. The Balaban J connectivity index is 1.31. The molecule has 3 heterocycles. The number of thiazole rings is 1. The Hall–Kier alpha value is -2.73. The van der Waals surface area contributed by atoms with E-state index in [-0.39, 0.29) is 11.9 Å². The number of morpholine rings is 1. The monoisotopic (exact) mass is 513 g/mol. The number of imide groups is 1. The highest BCUT2D eigenvalue weighted by Crippen LogP contribution is 2.36. The van der Waals surface area contributed by atoms with E-state index in [4.69, 9.17) is 14.5 Å². The second kappa shape index (κ2) is 10.9. The first-order valence-corrected chi connectivity index (χ1v) is 13.3. The lowest BCUT2D eigenvalue weighted by molar-refractivity contribution is -0.120. The number of rotatable bonds is 7. The summed E-state index contributed by atoms with van der Waals surface area (Å²) in [6.45, 7) is 6.79. The zero-order valence-corrected chi connectivity index (χ0v) is 21.1. The zero-order chi connectivity index (χ0) is 24.2. The van der Waals surface area contributed by atoms with Crippen molar-refractivity contribution >= 4 is 52.0 Å². The molecule has 2 aromatic rings. The Kier molecular flexibility index (Phi) is 7.47. The minimum absolute atomic E-state index is 0.131. The lowest BCUT2D eigenvalue weighted by atomic mass is 10.2. The number of urea groups is 1. The molecule has 0 atom stereocenters. The number of nitrogens with zero attached hydrogens (tertiary/aromatic N) is 4. The first kappa shape index (κ1) is 24.0. The van der Waals surface area contributed by atoms with Gasteiger partial charge in [0, 0.05) is 36.8 Å². The number of aromatic nitrogens is 1. The molecule has 0 bridgehead atoms. The van der Waals surface area contributed by atoms with E-state index in [1.54, 1.807) is 17.8 Å². The van der Waals surface area contributed by atoms with E-state index in [0.717, 1.165) is 66.8 Å². The van der Waals surface area contributed by atoms with Gasteiger partial charge in [-0.15, -0.1) is 11.3 Å². The van der Waals surface area contributed by atoms with E-state index in [1.807, 2.05) is 25.1 Å². The molecule has 2 aliphatic heterocycles. The van der Waals surface area contributed by atoms with Crippen molar-refractivity contribution in [2.24, 2.45) is 4.99 Å². The molecule has 1 N–H and O–H groups in total. The fraction of sp³-hybridized carbons (Fsp3) is 0.417. The lowest BCUT2D eigenvalue weighted by Gasteiger charge is -2.26. The highest BCUT2D eigenvalue weighted by atomic mass is 32.2.